The predicted molar refractivity (Wildman–Crippen MR) is 128 cm³/mol. The van der Waals surface area contributed by atoms with E-state index in [1.807, 2.05) is 19.1 Å². The van der Waals surface area contributed by atoms with Crippen LogP contribution in [0.1, 0.15) is 42.5 Å². The van der Waals surface area contributed by atoms with Crippen LogP contribution in [0.3, 0.4) is 0 Å². The van der Waals surface area contributed by atoms with Crippen molar-refractivity contribution in [2.45, 2.75) is 55.8 Å². The average molecular weight is 476 g/mol. The van der Waals surface area contributed by atoms with Crippen LogP contribution in [0.5, 0.6) is 0 Å². The fraction of sp³-hybridized carbons (Fsp3) is 0.542. The van der Waals surface area contributed by atoms with Crippen molar-refractivity contribution in [1.82, 2.24) is 14.5 Å². The summed E-state index contributed by atoms with van der Waals surface area (Å²) < 4.78 is 27.8. The molecule has 0 spiro atoms. The molecule has 8 heteroatoms. The standard InChI is InChI=1S/C24H33N3O3S2/c1-19-12-13-23(31-19)32(29,30)27-15-7-10-21(18-27)24(28)25-16-22-11-5-6-14-26(22)17-20-8-3-2-4-9-20/h2-4,8-9,12-13,21-22H,5-7,10-11,14-18H2,1H3,(H,25,28). The molecule has 4 rings (SSSR count). The highest BCUT2D eigenvalue weighted by atomic mass is 32.2. The molecule has 32 heavy (non-hydrogen) atoms. The Kier molecular flexibility index (Phi) is 7.66. The molecule has 0 radical (unpaired) electrons. The normalized spacial score (nSPS) is 23.2. The van der Waals surface area contributed by atoms with Gasteiger partial charge in [0.2, 0.25) is 5.91 Å². The van der Waals surface area contributed by atoms with Gasteiger partial charge in [-0.1, -0.05) is 36.8 Å². The summed E-state index contributed by atoms with van der Waals surface area (Å²) >= 11 is 1.29. The molecule has 0 aliphatic carbocycles. The number of rotatable bonds is 7. The van der Waals surface area contributed by atoms with Crippen LogP contribution in [0, 0.1) is 12.8 Å². The zero-order chi connectivity index (χ0) is 22.6. The molecule has 2 saturated heterocycles. The molecule has 1 N–H and O–H groups in total. The van der Waals surface area contributed by atoms with Gasteiger partial charge in [0.15, 0.2) is 0 Å². The van der Waals surface area contributed by atoms with E-state index in [2.05, 4.69) is 34.5 Å². The van der Waals surface area contributed by atoms with Crippen LogP contribution < -0.4 is 5.32 Å². The molecule has 3 heterocycles. The number of sulfonamides is 1. The highest BCUT2D eigenvalue weighted by Crippen LogP contribution is 2.28. The number of hydrogen-bond acceptors (Lipinski definition) is 5. The van der Waals surface area contributed by atoms with Gasteiger partial charge in [0.1, 0.15) is 4.21 Å². The molecule has 2 aliphatic heterocycles. The van der Waals surface area contributed by atoms with Gasteiger partial charge in [-0.2, -0.15) is 4.31 Å². The number of likely N-dealkylation sites (tertiary alicyclic amines) is 1. The number of hydrogen-bond donors (Lipinski definition) is 1. The zero-order valence-corrected chi connectivity index (χ0v) is 20.3. The largest absolute Gasteiger partial charge is 0.354 e. The Labute approximate surface area is 195 Å². The number of nitrogens with one attached hydrogen (secondary N) is 1. The summed E-state index contributed by atoms with van der Waals surface area (Å²) in [6, 6.07) is 14.3. The predicted octanol–water partition coefficient (Wildman–Crippen LogP) is 3.63. The lowest BCUT2D eigenvalue weighted by molar-refractivity contribution is -0.126. The third kappa shape index (κ3) is 5.60. The number of thiophene rings is 1. The van der Waals surface area contributed by atoms with Crippen molar-refractivity contribution in [1.29, 1.82) is 0 Å². The number of carbonyl (C=O) groups excluding carboxylic acids is 1. The van der Waals surface area contributed by atoms with E-state index in [4.69, 9.17) is 0 Å². The summed E-state index contributed by atoms with van der Waals surface area (Å²) in [5.41, 5.74) is 1.29. The van der Waals surface area contributed by atoms with Gasteiger partial charge >= 0.3 is 0 Å². The van der Waals surface area contributed by atoms with Crippen molar-refractivity contribution in [3.05, 3.63) is 52.9 Å². The Morgan fingerprint density at radius 2 is 1.88 bits per heavy atom. The third-order valence-corrected chi connectivity index (χ3v) is 9.89. The second-order valence-corrected chi connectivity index (χ2v) is 12.4. The SMILES string of the molecule is Cc1ccc(S(=O)(=O)N2CCCC(C(=O)NCC3CCCCN3Cc3ccccc3)C2)s1. The van der Waals surface area contributed by atoms with Gasteiger partial charge in [-0.15, -0.1) is 11.3 Å². The number of nitrogens with zero attached hydrogens (tertiary/aromatic N) is 2. The molecule has 0 saturated carbocycles. The van der Waals surface area contributed by atoms with Gasteiger partial charge in [-0.3, -0.25) is 9.69 Å². The smallest absolute Gasteiger partial charge is 0.252 e. The number of carbonyl (C=O) groups is 1. The molecule has 1 aromatic heterocycles. The molecule has 2 aromatic rings. The molecule has 1 aromatic carbocycles. The molecule has 2 atom stereocenters. The van der Waals surface area contributed by atoms with Gasteiger partial charge < -0.3 is 5.32 Å². The van der Waals surface area contributed by atoms with Crippen molar-refractivity contribution < 1.29 is 13.2 Å². The Bertz CT molecular complexity index is 1010. The Hall–Kier alpha value is -1.74. The van der Waals surface area contributed by atoms with Crippen molar-refractivity contribution in [3.8, 4) is 0 Å². The lowest BCUT2D eigenvalue weighted by Gasteiger charge is -2.36. The molecule has 2 unspecified atom stereocenters. The topological polar surface area (TPSA) is 69.7 Å². The maximum Gasteiger partial charge on any atom is 0.252 e. The van der Waals surface area contributed by atoms with Crippen LogP contribution in [0.2, 0.25) is 0 Å². The molecule has 1 amide bonds. The van der Waals surface area contributed by atoms with Crippen molar-refractivity contribution in [2.24, 2.45) is 5.92 Å². The van der Waals surface area contributed by atoms with Gasteiger partial charge in [-0.05, 0) is 56.8 Å². The first kappa shape index (κ1) is 23.4. The van der Waals surface area contributed by atoms with Gasteiger partial charge in [0, 0.05) is 37.1 Å². The Morgan fingerprint density at radius 3 is 2.62 bits per heavy atom. The van der Waals surface area contributed by atoms with Crippen LogP contribution in [0.25, 0.3) is 0 Å². The van der Waals surface area contributed by atoms with Gasteiger partial charge in [-0.25, -0.2) is 8.42 Å². The quantitative estimate of drug-likeness (QED) is 0.664. The van der Waals surface area contributed by atoms with E-state index in [-0.39, 0.29) is 18.4 Å². The summed E-state index contributed by atoms with van der Waals surface area (Å²) in [5.74, 6) is -0.303. The van der Waals surface area contributed by atoms with E-state index >= 15 is 0 Å². The second kappa shape index (κ2) is 10.5. The van der Waals surface area contributed by atoms with Crippen LogP contribution in [-0.2, 0) is 21.4 Å². The van der Waals surface area contributed by atoms with Crippen LogP contribution in [0.4, 0.5) is 0 Å². The van der Waals surface area contributed by atoms with E-state index in [0.717, 1.165) is 30.8 Å². The number of piperidine rings is 2. The molecule has 2 aliphatic rings. The van der Waals surface area contributed by atoms with Gasteiger partial charge in [0.05, 0.1) is 5.92 Å². The lowest BCUT2D eigenvalue weighted by Crippen LogP contribution is -2.49. The van der Waals surface area contributed by atoms with E-state index in [1.54, 1.807) is 6.07 Å². The highest BCUT2D eigenvalue weighted by Gasteiger charge is 2.34. The molecular weight excluding hydrogens is 442 g/mol. The maximum atomic E-state index is 13.0. The van der Waals surface area contributed by atoms with E-state index in [1.165, 1.54) is 34.0 Å². The maximum absolute atomic E-state index is 13.0. The fourth-order valence-corrected chi connectivity index (χ4v) is 7.69. The minimum Gasteiger partial charge on any atom is -0.354 e. The van der Waals surface area contributed by atoms with E-state index in [9.17, 15) is 13.2 Å². The molecule has 6 nitrogen and oxygen atoms in total. The average Bonchev–Trinajstić information content (AvgIpc) is 3.26. The van der Waals surface area contributed by atoms with E-state index in [0.29, 0.717) is 29.8 Å². The summed E-state index contributed by atoms with van der Waals surface area (Å²) in [6.45, 7) is 5.23. The first-order valence-electron chi connectivity index (χ1n) is 11.6. The van der Waals surface area contributed by atoms with Crippen LogP contribution in [0.15, 0.2) is 46.7 Å². The van der Waals surface area contributed by atoms with Crippen molar-refractivity contribution >= 4 is 27.3 Å². The van der Waals surface area contributed by atoms with Crippen molar-refractivity contribution in [3.63, 3.8) is 0 Å². The first-order valence-corrected chi connectivity index (χ1v) is 13.8. The molecule has 0 bridgehead atoms. The molecule has 174 valence electrons. The minimum atomic E-state index is -3.52. The lowest BCUT2D eigenvalue weighted by atomic mass is 9.97. The number of aryl methyl sites for hydroxylation is 1. The third-order valence-electron chi connectivity index (χ3n) is 6.55. The van der Waals surface area contributed by atoms with E-state index < -0.39 is 10.0 Å². The van der Waals surface area contributed by atoms with Gasteiger partial charge in [0.25, 0.3) is 10.0 Å². The van der Waals surface area contributed by atoms with Crippen molar-refractivity contribution in [2.75, 3.05) is 26.2 Å². The Morgan fingerprint density at radius 1 is 1.06 bits per heavy atom. The summed E-state index contributed by atoms with van der Waals surface area (Å²) in [4.78, 5) is 16.4. The second-order valence-electron chi connectivity index (χ2n) is 8.92. The summed E-state index contributed by atoms with van der Waals surface area (Å²) in [6.07, 6.45) is 4.90. The zero-order valence-electron chi connectivity index (χ0n) is 18.7. The molecule has 2 fully saturated rings. The number of benzene rings is 1. The van der Waals surface area contributed by atoms with Crippen LogP contribution in [-0.4, -0.2) is 55.8 Å². The first-order chi connectivity index (χ1) is 15.4. The highest BCUT2D eigenvalue weighted by molar-refractivity contribution is 7.91. The molecular formula is C24H33N3O3S2. The number of amides is 1. The summed E-state index contributed by atoms with van der Waals surface area (Å²) in [5, 5.41) is 3.15. The van der Waals surface area contributed by atoms with Crippen LogP contribution >= 0.6 is 11.3 Å². The minimum absolute atomic E-state index is 0.0162. The Balaban J connectivity index is 1.33. The monoisotopic (exact) mass is 475 g/mol. The fourth-order valence-electron chi connectivity index (χ4n) is 4.73. The summed E-state index contributed by atoms with van der Waals surface area (Å²) in [7, 11) is -3.52.